The lowest BCUT2D eigenvalue weighted by Gasteiger charge is -1.95. The third kappa shape index (κ3) is 2.55. The molecule has 0 aliphatic carbocycles. The molecule has 0 aliphatic rings. The van der Waals surface area contributed by atoms with Crippen molar-refractivity contribution < 1.29 is 8.42 Å². The Morgan fingerprint density at radius 2 is 2.08 bits per heavy atom. The minimum atomic E-state index is -3.05. The van der Waals surface area contributed by atoms with Gasteiger partial charge in [-0.1, -0.05) is 15.9 Å². The second-order valence-corrected chi connectivity index (χ2v) is 7.66. The van der Waals surface area contributed by atoms with Crippen LogP contribution in [0.5, 0.6) is 0 Å². The first-order chi connectivity index (χ1) is 5.56. The van der Waals surface area contributed by atoms with Crippen molar-refractivity contribution in [1.82, 2.24) is 0 Å². The van der Waals surface area contributed by atoms with Gasteiger partial charge in [0.15, 0.2) is 9.84 Å². The van der Waals surface area contributed by atoms with Crippen molar-refractivity contribution in [3.63, 3.8) is 0 Å². The molecule has 0 bridgehead atoms. The Kier molecular flexibility index (Phi) is 3.75. The average molecular weight is 334 g/mol. The monoisotopic (exact) mass is 332 g/mol. The van der Waals surface area contributed by atoms with Gasteiger partial charge in [0, 0.05) is 5.33 Å². The minimum absolute atomic E-state index is 0.153. The van der Waals surface area contributed by atoms with Gasteiger partial charge < -0.3 is 0 Å². The van der Waals surface area contributed by atoms with Crippen molar-refractivity contribution in [2.75, 3.05) is 11.1 Å². The van der Waals surface area contributed by atoms with Gasteiger partial charge in [0.05, 0.1) is 9.54 Å². The zero-order chi connectivity index (χ0) is 9.19. The van der Waals surface area contributed by atoms with Crippen LogP contribution in [0.15, 0.2) is 20.1 Å². The Hall–Kier alpha value is 0.610. The second-order valence-electron chi connectivity index (χ2n) is 2.07. The quantitative estimate of drug-likeness (QED) is 0.797. The van der Waals surface area contributed by atoms with E-state index in [-0.39, 0.29) is 5.75 Å². The summed E-state index contributed by atoms with van der Waals surface area (Å²) >= 11 is 7.56. The van der Waals surface area contributed by atoms with E-state index in [1.807, 2.05) is 0 Å². The number of hydrogen-bond donors (Lipinski definition) is 0. The molecule has 0 saturated carbocycles. The molecule has 0 radical (unpaired) electrons. The molecule has 0 aliphatic heterocycles. The van der Waals surface area contributed by atoms with Gasteiger partial charge in [0.2, 0.25) is 0 Å². The van der Waals surface area contributed by atoms with Crippen molar-refractivity contribution in [1.29, 1.82) is 0 Å². The molecule has 0 amide bonds. The Balaban J connectivity index is 2.98. The molecule has 0 saturated heterocycles. The van der Waals surface area contributed by atoms with Crippen LogP contribution in [0.4, 0.5) is 0 Å². The number of rotatable bonds is 3. The van der Waals surface area contributed by atoms with E-state index in [1.54, 1.807) is 12.1 Å². The molecule has 1 heterocycles. The zero-order valence-corrected chi connectivity index (χ0v) is 10.8. The lowest BCUT2D eigenvalue weighted by atomic mass is 10.7. The molecule has 0 unspecified atom stereocenters. The molecule has 1 aromatic rings. The van der Waals surface area contributed by atoms with Crippen molar-refractivity contribution in [2.24, 2.45) is 0 Å². The number of alkyl halides is 1. The number of sulfone groups is 1. The highest BCUT2D eigenvalue weighted by molar-refractivity contribution is 9.11. The smallest absolute Gasteiger partial charge is 0.188 e. The van der Waals surface area contributed by atoms with Gasteiger partial charge in [-0.2, -0.15) is 0 Å². The van der Waals surface area contributed by atoms with Gasteiger partial charge >= 0.3 is 0 Å². The Bertz CT molecular complexity index is 355. The third-order valence-electron chi connectivity index (χ3n) is 1.20. The van der Waals surface area contributed by atoms with Crippen LogP contribution in [0.25, 0.3) is 0 Å². The highest BCUT2D eigenvalue weighted by atomic mass is 79.9. The van der Waals surface area contributed by atoms with Crippen LogP contribution in [0.2, 0.25) is 0 Å². The van der Waals surface area contributed by atoms with Crippen molar-refractivity contribution in [2.45, 2.75) is 4.21 Å². The van der Waals surface area contributed by atoms with E-state index in [1.165, 1.54) is 11.3 Å². The maximum Gasteiger partial charge on any atom is 0.188 e. The maximum atomic E-state index is 11.4. The summed E-state index contributed by atoms with van der Waals surface area (Å²) < 4.78 is 24.1. The Morgan fingerprint density at radius 3 is 2.50 bits per heavy atom. The largest absolute Gasteiger partial charge is 0.223 e. The van der Waals surface area contributed by atoms with Gasteiger partial charge in [-0.05, 0) is 28.1 Å². The predicted octanol–water partition coefficient (Wildman–Crippen LogP) is 2.68. The molecular weight excluding hydrogens is 328 g/mol. The zero-order valence-electron chi connectivity index (χ0n) is 5.96. The third-order valence-corrected chi connectivity index (χ3v) is 6.04. The van der Waals surface area contributed by atoms with E-state index in [4.69, 9.17) is 0 Å². The molecule has 0 spiro atoms. The minimum Gasteiger partial charge on any atom is -0.223 e. The van der Waals surface area contributed by atoms with Crippen molar-refractivity contribution in [3.05, 3.63) is 15.9 Å². The normalized spacial score (nSPS) is 11.8. The molecule has 68 valence electrons. The lowest BCUT2D eigenvalue weighted by molar-refractivity contribution is 0.599. The van der Waals surface area contributed by atoms with Crippen molar-refractivity contribution >= 4 is 53.0 Å². The fraction of sp³-hybridized carbons (Fsp3) is 0.333. The summed E-state index contributed by atoms with van der Waals surface area (Å²) in [6.07, 6.45) is 0. The lowest BCUT2D eigenvalue weighted by Crippen LogP contribution is -2.05. The summed E-state index contributed by atoms with van der Waals surface area (Å²) in [5, 5.41) is 0.477. The van der Waals surface area contributed by atoms with Gasteiger partial charge in [-0.25, -0.2) is 8.42 Å². The fourth-order valence-electron chi connectivity index (χ4n) is 0.667. The average Bonchev–Trinajstić information content (AvgIpc) is 2.36. The summed E-state index contributed by atoms with van der Waals surface area (Å²) in [6.45, 7) is 0. The van der Waals surface area contributed by atoms with Crippen LogP contribution < -0.4 is 0 Å². The molecular formula is C6H6Br2O2S2. The Labute approximate surface area is 92.2 Å². The van der Waals surface area contributed by atoms with E-state index in [0.29, 0.717) is 9.54 Å². The molecule has 1 aromatic heterocycles. The van der Waals surface area contributed by atoms with E-state index < -0.39 is 9.84 Å². The molecule has 1 rings (SSSR count). The Morgan fingerprint density at radius 1 is 1.42 bits per heavy atom. The fourth-order valence-corrected chi connectivity index (χ4v) is 5.09. The highest BCUT2D eigenvalue weighted by Crippen LogP contribution is 2.26. The van der Waals surface area contributed by atoms with Crippen LogP contribution in [0.3, 0.4) is 0 Å². The first-order valence-corrected chi connectivity index (χ1v) is 7.48. The van der Waals surface area contributed by atoms with E-state index >= 15 is 0 Å². The second kappa shape index (κ2) is 4.21. The summed E-state index contributed by atoms with van der Waals surface area (Å²) in [7, 11) is -3.05. The van der Waals surface area contributed by atoms with E-state index in [9.17, 15) is 8.42 Å². The van der Waals surface area contributed by atoms with Crippen LogP contribution >= 0.6 is 43.2 Å². The van der Waals surface area contributed by atoms with Crippen LogP contribution in [-0.2, 0) is 9.84 Å². The summed E-state index contributed by atoms with van der Waals surface area (Å²) in [5.74, 6) is 0.153. The predicted molar refractivity (Wildman–Crippen MR) is 57.9 cm³/mol. The number of thiophene rings is 1. The van der Waals surface area contributed by atoms with E-state index in [0.717, 1.165) is 3.79 Å². The molecule has 0 N–H and O–H groups in total. The van der Waals surface area contributed by atoms with Gasteiger partial charge in [0.25, 0.3) is 0 Å². The first kappa shape index (κ1) is 10.7. The molecule has 2 nitrogen and oxygen atoms in total. The summed E-state index contributed by atoms with van der Waals surface area (Å²) in [4.78, 5) is 0. The summed E-state index contributed by atoms with van der Waals surface area (Å²) in [5.41, 5.74) is 0. The topological polar surface area (TPSA) is 34.1 Å². The molecule has 6 heteroatoms. The molecule has 0 atom stereocenters. The van der Waals surface area contributed by atoms with Crippen LogP contribution in [0, 0.1) is 0 Å². The molecule has 0 aromatic carbocycles. The number of halogens is 2. The first-order valence-electron chi connectivity index (χ1n) is 3.10. The van der Waals surface area contributed by atoms with Crippen LogP contribution in [0.1, 0.15) is 0 Å². The van der Waals surface area contributed by atoms with Gasteiger partial charge in [-0.15, -0.1) is 11.3 Å². The van der Waals surface area contributed by atoms with Gasteiger partial charge in [0.1, 0.15) is 4.21 Å². The standard InChI is InChI=1S/C6H6Br2O2S2/c7-3-4-12(9,10)6-2-1-5(8)11-6/h1-2H,3-4H2. The van der Waals surface area contributed by atoms with Gasteiger partial charge in [-0.3, -0.25) is 0 Å². The maximum absolute atomic E-state index is 11.4. The molecule has 0 fully saturated rings. The highest BCUT2D eigenvalue weighted by Gasteiger charge is 2.15. The van der Waals surface area contributed by atoms with Crippen LogP contribution in [-0.4, -0.2) is 19.5 Å². The van der Waals surface area contributed by atoms with Crippen molar-refractivity contribution in [3.8, 4) is 0 Å². The SMILES string of the molecule is O=S(=O)(CCBr)c1ccc(Br)s1. The number of hydrogen-bond acceptors (Lipinski definition) is 3. The van der Waals surface area contributed by atoms with E-state index in [2.05, 4.69) is 31.9 Å². The summed E-state index contributed by atoms with van der Waals surface area (Å²) in [6, 6.07) is 3.36. The molecule has 12 heavy (non-hydrogen) atoms.